The quantitative estimate of drug-likeness (QED) is 0.680. The highest BCUT2D eigenvalue weighted by atomic mass is 32.2. The minimum Gasteiger partial charge on any atom is -0.317 e. The van der Waals surface area contributed by atoms with E-state index >= 15 is 0 Å². The van der Waals surface area contributed by atoms with E-state index in [1.54, 1.807) is 6.92 Å². The van der Waals surface area contributed by atoms with Crippen molar-refractivity contribution < 1.29 is 8.42 Å². The molecule has 16 heavy (non-hydrogen) atoms. The lowest BCUT2D eigenvalue weighted by atomic mass is 9.91. The molecule has 0 heterocycles. The van der Waals surface area contributed by atoms with E-state index in [4.69, 9.17) is 0 Å². The van der Waals surface area contributed by atoms with E-state index in [1.807, 2.05) is 0 Å². The third-order valence-corrected chi connectivity index (χ3v) is 4.86. The predicted molar refractivity (Wildman–Crippen MR) is 70.4 cm³/mol. The fourth-order valence-electron chi connectivity index (χ4n) is 1.71. The Labute approximate surface area is 101 Å². The van der Waals surface area contributed by atoms with Crippen LogP contribution in [0, 0.1) is 11.8 Å². The maximum atomic E-state index is 11.3. The Balaban J connectivity index is 3.94. The van der Waals surface area contributed by atoms with Crippen molar-refractivity contribution in [3.63, 3.8) is 0 Å². The highest BCUT2D eigenvalue weighted by Gasteiger charge is 2.14. The van der Waals surface area contributed by atoms with Gasteiger partial charge >= 0.3 is 0 Å². The number of rotatable bonds is 9. The van der Waals surface area contributed by atoms with E-state index in [-0.39, 0.29) is 5.75 Å². The molecule has 0 aliphatic carbocycles. The van der Waals surface area contributed by atoms with Crippen LogP contribution in [0.4, 0.5) is 0 Å². The lowest BCUT2D eigenvalue weighted by Gasteiger charge is -2.20. The largest absolute Gasteiger partial charge is 0.317 e. The Morgan fingerprint density at radius 2 is 1.81 bits per heavy atom. The van der Waals surface area contributed by atoms with Crippen LogP contribution in [0.15, 0.2) is 0 Å². The molecule has 0 spiro atoms. The first kappa shape index (κ1) is 15.9. The zero-order valence-electron chi connectivity index (χ0n) is 11.1. The number of hydrogen-bond donors (Lipinski definition) is 1. The fourth-order valence-corrected chi connectivity index (χ4v) is 2.61. The normalized spacial score (nSPS) is 14.3. The molecule has 0 aromatic carbocycles. The van der Waals surface area contributed by atoms with Gasteiger partial charge in [0.15, 0.2) is 0 Å². The molecule has 0 amide bonds. The van der Waals surface area contributed by atoms with Gasteiger partial charge in [0.1, 0.15) is 9.84 Å². The van der Waals surface area contributed by atoms with Gasteiger partial charge in [0.05, 0.1) is 5.75 Å². The van der Waals surface area contributed by atoms with Gasteiger partial charge in [-0.15, -0.1) is 0 Å². The minimum absolute atomic E-state index is 0.270. The van der Waals surface area contributed by atoms with E-state index in [1.165, 1.54) is 0 Å². The molecule has 4 heteroatoms. The topological polar surface area (TPSA) is 46.2 Å². The van der Waals surface area contributed by atoms with Crippen molar-refractivity contribution in [2.45, 2.75) is 40.5 Å². The Kier molecular flexibility index (Phi) is 8.02. The third-order valence-electron chi connectivity index (χ3n) is 3.07. The van der Waals surface area contributed by atoms with Gasteiger partial charge in [0.2, 0.25) is 0 Å². The summed E-state index contributed by atoms with van der Waals surface area (Å²) in [5.74, 6) is 1.82. The molecule has 1 unspecified atom stereocenters. The van der Waals surface area contributed by atoms with E-state index < -0.39 is 9.84 Å². The van der Waals surface area contributed by atoms with Crippen molar-refractivity contribution >= 4 is 9.84 Å². The number of nitrogens with one attached hydrogen (secondary N) is 1. The first-order valence-corrected chi connectivity index (χ1v) is 8.16. The van der Waals surface area contributed by atoms with Crippen LogP contribution in [0.25, 0.3) is 0 Å². The molecule has 0 saturated heterocycles. The molecule has 0 aromatic heterocycles. The molecule has 3 nitrogen and oxygen atoms in total. The van der Waals surface area contributed by atoms with Crippen molar-refractivity contribution in [3.05, 3.63) is 0 Å². The summed E-state index contributed by atoms with van der Waals surface area (Å²) in [6.45, 7) is 10.2. The monoisotopic (exact) mass is 249 g/mol. The van der Waals surface area contributed by atoms with Crippen LogP contribution in [0.5, 0.6) is 0 Å². The van der Waals surface area contributed by atoms with Crippen LogP contribution in [0.2, 0.25) is 0 Å². The second kappa shape index (κ2) is 8.07. The van der Waals surface area contributed by atoms with Crippen LogP contribution in [0.1, 0.15) is 40.5 Å². The molecule has 0 bridgehead atoms. The minimum atomic E-state index is -2.78. The highest BCUT2D eigenvalue weighted by molar-refractivity contribution is 7.91. The Morgan fingerprint density at radius 3 is 2.25 bits per heavy atom. The summed E-state index contributed by atoms with van der Waals surface area (Å²) in [4.78, 5) is 0. The van der Waals surface area contributed by atoms with Crippen molar-refractivity contribution in [3.8, 4) is 0 Å². The molecule has 1 atom stereocenters. The first-order valence-electron chi connectivity index (χ1n) is 6.34. The zero-order chi connectivity index (χ0) is 12.6. The predicted octanol–water partition coefficient (Wildman–Crippen LogP) is 2.08. The fraction of sp³-hybridized carbons (Fsp3) is 1.00. The summed E-state index contributed by atoms with van der Waals surface area (Å²) in [6.07, 6.45) is 1.80. The summed E-state index contributed by atoms with van der Waals surface area (Å²) < 4.78 is 22.7. The SMILES string of the molecule is CCNCC(CCCS(=O)(=O)CC)C(C)C. The van der Waals surface area contributed by atoms with E-state index in [0.717, 1.165) is 25.9 Å². The summed E-state index contributed by atoms with van der Waals surface area (Å²) in [5, 5.41) is 3.34. The van der Waals surface area contributed by atoms with Gasteiger partial charge in [0.25, 0.3) is 0 Å². The van der Waals surface area contributed by atoms with Crippen LogP contribution < -0.4 is 5.32 Å². The van der Waals surface area contributed by atoms with E-state index in [0.29, 0.717) is 17.6 Å². The van der Waals surface area contributed by atoms with Gasteiger partial charge in [-0.25, -0.2) is 8.42 Å². The molecule has 0 fully saturated rings. The average molecular weight is 249 g/mol. The highest BCUT2D eigenvalue weighted by Crippen LogP contribution is 2.16. The first-order chi connectivity index (χ1) is 7.43. The molecule has 0 aliphatic heterocycles. The molecule has 1 N–H and O–H groups in total. The standard InChI is InChI=1S/C12H27NO2S/c1-5-13-10-12(11(3)4)8-7-9-16(14,15)6-2/h11-13H,5-10H2,1-4H3. The molecule has 0 saturated carbocycles. The van der Waals surface area contributed by atoms with Gasteiger partial charge in [-0.05, 0) is 37.8 Å². The van der Waals surface area contributed by atoms with Crippen LogP contribution in [0.3, 0.4) is 0 Å². The molecule has 0 aliphatic rings. The van der Waals surface area contributed by atoms with Crippen molar-refractivity contribution in [1.29, 1.82) is 0 Å². The van der Waals surface area contributed by atoms with E-state index in [2.05, 4.69) is 26.1 Å². The summed E-state index contributed by atoms with van der Waals surface area (Å²) in [7, 11) is -2.78. The van der Waals surface area contributed by atoms with Crippen LogP contribution in [-0.2, 0) is 9.84 Å². The van der Waals surface area contributed by atoms with Gasteiger partial charge < -0.3 is 5.32 Å². The lowest BCUT2D eigenvalue weighted by molar-refractivity contribution is 0.341. The van der Waals surface area contributed by atoms with Gasteiger partial charge in [-0.1, -0.05) is 27.7 Å². The van der Waals surface area contributed by atoms with Crippen LogP contribution >= 0.6 is 0 Å². The molecular formula is C12H27NO2S. The van der Waals surface area contributed by atoms with Crippen molar-refractivity contribution in [1.82, 2.24) is 5.32 Å². The summed E-state index contributed by atoms with van der Waals surface area (Å²) in [6, 6.07) is 0. The maximum absolute atomic E-state index is 11.3. The van der Waals surface area contributed by atoms with E-state index in [9.17, 15) is 8.42 Å². The second-order valence-corrected chi connectivity index (χ2v) is 7.16. The Morgan fingerprint density at radius 1 is 1.19 bits per heavy atom. The number of sulfone groups is 1. The van der Waals surface area contributed by atoms with Gasteiger partial charge in [-0.2, -0.15) is 0 Å². The average Bonchev–Trinajstić information content (AvgIpc) is 2.22. The third kappa shape index (κ3) is 7.23. The molecule has 0 radical (unpaired) electrons. The van der Waals surface area contributed by atoms with Crippen molar-refractivity contribution in [2.24, 2.45) is 11.8 Å². The van der Waals surface area contributed by atoms with Crippen molar-refractivity contribution in [2.75, 3.05) is 24.6 Å². The summed E-state index contributed by atoms with van der Waals surface area (Å²) >= 11 is 0. The number of hydrogen-bond acceptors (Lipinski definition) is 3. The smallest absolute Gasteiger partial charge is 0.150 e. The Bertz CT molecular complexity index is 260. The Hall–Kier alpha value is -0.0900. The zero-order valence-corrected chi connectivity index (χ0v) is 11.9. The maximum Gasteiger partial charge on any atom is 0.150 e. The second-order valence-electron chi connectivity index (χ2n) is 4.69. The molecule has 0 rings (SSSR count). The lowest BCUT2D eigenvalue weighted by Crippen LogP contribution is -2.26. The van der Waals surface area contributed by atoms with Gasteiger partial charge in [-0.3, -0.25) is 0 Å². The summed E-state index contributed by atoms with van der Waals surface area (Å²) in [5.41, 5.74) is 0. The van der Waals surface area contributed by atoms with Crippen LogP contribution in [-0.4, -0.2) is 33.0 Å². The van der Waals surface area contributed by atoms with Gasteiger partial charge in [0, 0.05) is 5.75 Å². The molecule has 0 aromatic rings. The molecular weight excluding hydrogens is 222 g/mol. The molecule has 98 valence electrons.